The van der Waals surface area contributed by atoms with Gasteiger partial charge in [-0.25, -0.2) is 13.9 Å². The van der Waals surface area contributed by atoms with Gasteiger partial charge in [0.05, 0.1) is 22.5 Å². The summed E-state index contributed by atoms with van der Waals surface area (Å²) in [7, 11) is 0. The topological polar surface area (TPSA) is 76.0 Å². The molecular weight excluding hydrogens is 347 g/mol. The Morgan fingerprint density at radius 1 is 1.32 bits per heavy atom. The van der Waals surface area contributed by atoms with Crippen molar-refractivity contribution < 1.29 is 14.0 Å². The number of rotatable bonds is 2. The lowest BCUT2D eigenvalue weighted by atomic mass is 10.1. The zero-order chi connectivity index (χ0) is 17.6. The molecule has 0 radical (unpaired) electrons. The first-order valence-electron chi connectivity index (χ1n) is 7.56. The number of nitrogens with one attached hydrogen (secondary N) is 2. The molecule has 4 rings (SSSR count). The van der Waals surface area contributed by atoms with Crippen LogP contribution in [0.5, 0.6) is 0 Å². The average Bonchev–Trinajstić information content (AvgIpc) is 2.97. The van der Waals surface area contributed by atoms with Crippen LogP contribution in [0.2, 0.25) is 5.02 Å². The summed E-state index contributed by atoms with van der Waals surface area (Å²) in [6.07, 6.45) is -0.0197. The molecular formula is C17H12ClFN4O2. The molecule has 0 bridgehead atoms. The third-order valence-corrected chi connectivity index (χ3v) is 4.29. The lowest BCUT2D eigenvalue weighted by Gasteiger charge is -2.23. The molecule has 126 valence electrons. The highest BCUT2D eigenvalue weighted by molar-refractivity contribution is 6.31. The summed E-state index contributed by atoms with van der Waals surface area (Å²) in [5, 5.41) is 5.51. The monoisotopic (exact) mass is 358 g/mol. The maximum absolute atomic E-state index is 13.2. The Morgan fingerprint density at radius 2 is 2.12 bits per heavy atom. The van der Waals surface area contributed by atoms with Crippen LogP contribution >= 0.6 is 11.6 Å². The molecule has 25 heavy (non-hydrogen) atoms. The van der Waals surface area contributed by atoms with E-state index in [1.807, 2.05) is 12.1 Å². The van der Waals surface area contributed by atoms with Crippen molar-refractivity contribution in [1.82, 2.24) is 9.55 Å². The molecule has 0 unspecified atom stereocenters. The Bertz CT molecular complexity index is 1020. The molecule has 0 spiro atoms. The van der Waals surface area contributed by atoms with E-state index in [1.54, 1.807) is 12.1 Å². The van der Waals surface area contributed by atoms with Gasteiger partial charge in [0.25, 0.3) is 0 Å². The van der Waals surface area contributed by atoms with E-state index in [0.29, 0.717) is 22.7 Å². The zero-order valence-electron chi connectivity index (χ0n) is 12.8. The van der Waals surface area contributed by atoms with Gasteiger partial charge in [-0.1, -0.05) is 23.7 Å². The van der Waals surface area contributed by atoms with E-state index in [1.165, 1.54) is 16.7 Å². The van der Waals surface area contributed by atoms with E-state index in [0.717, 1.165) is 6.07 Å². The molecule has 0 aliphatic carbocycles. The van der Waals surface area contributed by atoms with Crippen molar-refractivity contribution in [3.05, 3.63) is 53.3 Å². The maximum atomic E-state index is 13.2. The van der Waals surface area contributed by atoms with Crippen LogP contribution in [0, 0.1) is 5.82 Å². The largest absolute Gasteiger partial charge is 0.343 e. The standard InChI is InChI=1S/C17H12ClFN4O2/c18-10-7-9(5-6-11(10)19)20-16(25)13-8-15(24)23-14-4-2-1-3-12(14)21-17(23)22-13/h1-7,13H,8H2,(H,20,25)(H,21,22)/t13-/m1/s1. The van der Waals surface area contributed by atoms with Gasteiger partial charge < -0.3 is 10.6 Å². The highest BCUT2D eigenvalue weighted by Crippen LogP contribution is 2.26. The van der Waals surface area contributed by atoms with E-state index < -0.39 is 17.8 Å². The lowest BCUT2D eigenvalue weighted by Crippen LogP contribution is -2.42. The van der Waals surface area contributed by atoms with Crippen LogP contribution in [-0.4, -0.2) is 27.4 Å². The maximum Gasteiger partial charge on any atom is 0.247 e. The summed E-state index contributed by atoms with van der Waals surface area (Å²) >= 11 is 5.71. The van der Waals surface area contributed by atoms with Crippen LogP contribution in [0.25, 0.3) is 11.0 Å². The van der Waals surface area contributed by atoms with Crippen molar-refractivity contribution in [1.29, 1.82) is 0 Å². The number of amides is 1. The Hall–Kier alpha value is -2.93. The molecule has 2 aromatic carbocycles. The fraction of sp³-hybridized carbons (Fsp3) is 0.118. The molecule has 3 aromatic rings. The van der Waals surface area contributed by atoms with Crippen molar-refractivity contribution >= 4 is 46.1 Å². The number of imidazole rings is 1. The summed E-state index contributed by atoms with van der Waals surface area (Å²) in [6, 6.07) is 10.3. The van der Waals surface area contributed by atoms with E-state index in [-0.39, 0.29) is 17.4 Å². The van der Waals surface area contributed by atoms with Crippen LogP contribution < -0.4 is 10.6 Å². The number of hydrogen-bond acceptors (Lipinski definition) is 4. The van der Waals surface area contributed by atoms with Crippen molar-refractivity contribution in [2.75, 3.05) is 10.6 Å². The normalized spacial score (nSPS) is 16.4. The first-order chi connectivity index (χ1) is 12.0. The first-order valence-corrected chi connectivity index (χ1v) is 7.94. The molecule has 0 saturated heterocycles. The smallest absolute Gasteiger partial charge is 0.247 e. The summed E-state index contributed by atoms with van der Waals surface area (Å²) in [5.41, 5.74) is 1.72. The lowest BCUT2D eigenvalue weighted by molar-refractivity contribution is -0.117. The Labute approximate surface area is 146 Å². The number of halogens is 2. The summed E-state index contributed by atoms with van der Waals surface area (Å²) in [5.74, 6) is -0.886. The minimum Gasteiger partial charge on any atom is -0.343 e. The minimum absolute atomic E-state index is 0.0197. The highest BCUT2D eigenvalue weighted by Gasteiger charge is 2.31. The van der Waals surface area contributed by atoms with Gasteiger partial charge in [0.2, 0.25) is 17.8 Å². The molecule has 8 heteroatoms. The van der Waals surface area contributed by atoms with Gasteiger partial charge in [-0.05, 0) is 30.3 Å². The zero-order valence-corrected chi connectivity index (χ0v) is 13.5. The molecule has 1 amide bonds. The van der Waals surface area contributed by atoms with Gasteiger partial charge in [0, 0.05) is 5.69 Å². The number of benzene rings is 2. The number of para-hydroxylation sites is 2. The molecule has 0 fully saturated rings. The van der Waals surface area contributed by atoms with Gasteiger partial charge in [-0.2, -0.15) is 0 Å². The van der Waals surface area contributed by atoms with E-state index in [2.05, 4.69) is 15.6 Å². The number of aromatic nitrogens is 2. The second-order valence-corrected chi connectivity index (χ2v) is 6.08. The second-order valence-electron chi connectivity index (χ2n) is 5.67. The van der Waals surface area contributed by atoms with Gasteiger partial charge in [-0.3, -0.25) is 9.59 Å². The summed E-state index contributed by atoms with van der Waals surface area (Å²) in [6.45, 7) is 0. The number of hydrogen-bond donors (Lipinski definition) is 2. The molecule has 2 N–H and O–H groups in total. The van der Waals surface area contributed by atoms with Crippen LogP contribution in [0.4, 0.5) is 16.0 Å². The van der Waals surface area contributed by atoms with Crippen LogP contribution in [0.1, 0.15) is 11.2 Å². The van der Waals surface area contributed by atoms with Crippen molar-refractivity contribution in [2.45, 2.75) is 12.5 Å². The fourth-order valence-electron chi connectivity index (χ4n) is 2.81. The van der Waals surface area contributed by atoms with E-state index >= 15 is 0 Å². The Kier molecular flexibility index (Phi) is 3.65. The quantitative estimate of drug-likeness (QED) is 0.737. The molecule has 1 aliphatic heterocycles. The first kappa shape index (κ1) is 15.6. The average molecular weight is 359 g/mol. The number of carbonyl (C=O) groups is 2. The molecule has 1 aliphatic rings. The minimum atomic E-state index is -0.777. The Morgan fingerprint density at radius 3 is 2.92 bits per heavy atom. The van der Waals surface area contributed by atoms with Crippen molar-refractivity contribution in [2.24, 2.45) is 0 Å². The summed E-state index contributed by atoms with van der Waals surface area (Å²) in [4.78, 5) is 29.2. The fourth-order valence-corrected chi connectivity index (χ4v) is 2.99. The van der Waals surface area contributed by atoms with Crippen LogP contribution in [0.3, 0.4) is 0 Å². The summed E-state index contributed by atoms with van der Waals surface area (Å²) < 4.78 is 14.7. The van der Waals surface area contributed by atoms with Crippen LogP contribution in [0.15, 0.2) is 42.5 Å². The van der Waals surface area contributed by atoms with Gasteiger partial charge in [-0.15, -0.1) is 0 Å². The van der Waals surface area contributed by atoms with Gasteiger partial charge >= 0.3 is 0 Å². The van der Waals surface area contributed by atoms with E-state index in [9.17, 15) is 14.0 Å². The molecule has 2 heterocycles. The predicted octanol–water partition coefficient (Wildman–Crippen LogP) is 3.29. The molecule has 1 atom stereocenters. The van der Waals surface area contributed by atoms with Crippen molar-refractivity contribution in [3.8, 4) is 0 Å². The number of nitrogens with zero attached hydrogens (tertiary/aromatic N) is 2. The van der Waals surface area contributed by atoms with Crippen molar-refractivity contribution in [3.63, 3.8) is 0 Å². The number of fused-ring (bicyclic) bond motifs is 3. The number of anilines is 2. The number of carbonyl (C=O) groups excluding carboxylic acids is 2. The molecule has 0 saturated carbocycles. The second kappa shape index (κ2) is 5.86. The molecule has 6 nitrogen and oxygen atoms in total. The highest BCUT2D eigenvalue weighted by atomic mass is 35.5. The van der Waals surface area contributed by atoms with Gasteiger partial charge in [0.1, 0.15) is 11.9 Å². The SMILES string of the molecule is O=C(Nc1ccc(F)c(Cl)c1)[C@H]1CC(=O)n2c(nc3ccccc32)N1. The third kappa shape index (κ3) is 2.72. The Balaban J connectivity index is 1.59. The van der Waals surface area contributed by atoms with Crippen LogP contribution in [-0.2, 0) is 4.79 Å². The van der Waals surface area contributed by atoms with E-state index in [4.69, 9.17) is 11.6 Å². The third-order valence-electron chi connectivity index (χ3n) is 4.00. The predicted molar refractivity (Wildman–Crippen MR) is 92.4 cm³/mol. The molecule has 1 aromatic heterocycles. The van der Waals surface area contributed by atoms with Gasteiger partial charge in [0.15, 0.2) is 0 Å².